The number of benzene rings is 1. The normalized spacial score (nSPS) is 11.6. The number of ether oxygens (including phenoxy) is 3. The molecule has 8 nitrogen and oxygen atoms in total. The largest absolute Gasteiger partial charge is 0.493 e. The molecule has 1 atom stereocenters. The summed E-state index contributed by atoms with van der Waals surface area (Å²) in [6.45, 7) is 3.94. The van der Waals surface area contributed by atoms with Crippen molar-refractivity contribution in [1.29, 1.82) is 0 Å². The van der Waals surface area contributed by atoms with Crippen molar-refractivity contribution in [2.45, 2.75) is 26.4 Å². The van der Waals surface area contributed by atoms with E-state index >= 15 is 0 Å². The second-order valence-corrected chi connectivity index (χ2v) is 6.42. The second kappa shape index (κ2) is 9.68. The zero-order valence-corrected chi connectivity index (χ0v) is 16.7. The molecule has 152 valence electrons. The molecule has 0 unspecified atom stereocenters. The summed E-state index contributed by atoms with van der Waals surface area (Å²) in [5.74, 6) is 0.776. The van der Waals surface area contributed by atoms with Gasteiger partial charge in [0.2, 0.25) is 11.7 Å². The standard InChI is InChI=1S/C20H26N2O6/c1-12(2)17(22-19(23)14-7-6-8-28-14)20(24)21-11-13-9-15(25-3)18(27-5)16(10-13)26-4/h6-10,12,17H,11H2,1-5H3,(H,21,24)(H,22,23)/t17-/m0/s1. The molecule has 2 N–H and O–H groups in total. The van der Waals surface area contributed by atoms with Crippen LogP contribution in [0.3, 0.4) is 0 Å². The molecule has 0 saturated carbocycles. The highest BCUT2D eigenvalue weighted by Gasteiger charge is 2.25. The number of furan rings is 1. The van der Waals surface area contributed by atoms with Gasteiger partial charge >= 0.3 is 0 Å². The molecule has 2 aromatic rings. The average molecular weight is 390 g/mol. The summed E-state index contributed by atoms with van der Waals surface area (Å²) < 4.78 is 21.0. The van der Waals surface area contributed by atoms with E-state index in [2.05, 4.69) is 10.6 Å². The van der Waals surface area contributed by atoms with Gasteiger partial charge in [-0.05, 0) is 35.7 Å². The number of methoxy groups -OCH3 is 3. The van der Waals surface area contributed by atoms with Gasteiger partial charge in [0, 0.05) is 6.54 Å². The molecule has 0 fully saturated rings. The van der Waals surface area contributed by atoms with Crippen molar-refractivity contribution in [3.63, 3.8) is 0 Å². The summed E-state index contributed by atoms with van der Waals surface area (Å²) in [6.07, 6.45) is 1.41. The first-order valence-corrected chi connectivity index (χ1v) is 8.82. The fourth-order valence-electron chi connectivity index (χ4n) is 2.69. The first-order valence-electron chi connectivity index (χ1n) is 8.82. The topological polar surface area (TPSA) is 99.0 Å². The van der Waals surface area contributed by atoms with E-state index in [1.54, 1.807) is 24.3 Å². The van der Waals surface area contributed by atoms with Crippen LogP contribution in [0.1, 0.15) is 30.0 Å². The maximum absolute atomic E-state index is 12.7. The van der Waals surface area contributed by atoms with Gasteiger partial charge in [-0.1, -0.05) is 13.8 Å². The van der Waals surface area contributed by atoms with Gasteiger partial charge in [0.15, 0.2) is 17.3 Å². The highest BCUT2D eigenvalue weighted by atomic mass is 16.5. The molecule has 2 amide bonds. The minimum absolute atomic E-state index is 0.112. The predicted molar refractivity (Wildman–Crippen MR) is 103 cm³/mol. The zero-order valence-electron chi connectivity index (χ0n) is 16.7. The number of amides is 2. The molecule has 0 spiro atoms. The van der Waals surface area contributed by atoms with Crippen LogP contribution in [-0.4, -0.2) is 39.2 Å². The third kappa shape index (κ3) is 4.97. The molecule has 1 aromatic carbocycles. The number of carbonyl (C=O) groups excluding carboxylic acids is 2. The third-order valence-electron chi connectivity index (χ3n) is 4.17. The number of rotatable bonds is 9. The van der Waals surface area contributed by atoms with Crippen LogP contribution in [0.2, 0.25) is 0 Å². The van der Waals surface area contributed by atoms with Gasteiger partial charge in [-0.3, -0.25) is 9.59 Å². The van der Waals surface area contributed by atoms with E-state index in [0.717, 1.165) is 5.56 Å². The highest BCUT2D eigenvalue weighted by Crippen LogP contribution is 2.38. The van der Waals surface area contributed by atoms with Gasteiger partial charge in [0.25, 0.3) is 5.91 Å². The number of carbonyl (C=O) groups is 2. The molecule has 1 heterocycles. The lowest BCUT2D eigenvalue weighted by Crippen LogP contribution is -2.49. The minimum atomic E-state index is -0.709. The molecule has 0 aliphatic carbocycles. The average Bonchev–Trinajstić information content (AvgIpc) is 3.23. The molecule has 0 saturated heterocycles. The van der Waals surface area contributed by atoms with Crippen molar-refractivity contribution in [3.8, 4) is 17.2 Å². The van der Waals surface area contributed by atoms with Crippen LogP contribution in [0.4, 0.5) is 0 Å². The summed E-state index contributed by atoms with van der Waals surface area (Å²) in [5, 5.41) is 5.54. The van der Waals surface area contributed by atoms with Gasteiger partial charge in [-0.15, -0.1) is 0 Å². The van der Waals surface area contributed by atoms with Crippen molar-refractivity contribution in [2.24, 2.45) is 5.92 Å². The van der Waals surface area contributed by atoms with Gasteiger partial charge in [-0.2, -0.15) is 0 Å². The summed E-state index contributed by atoms with van der Waals surface area (Å²) in [7, 11) is 4.58. The Morgan fingerprint density at radius 2 is 1.71 bits per heavy atom. The van der Waals surface area contributed by atoms with Gasteiger partial charge < -0.3 is 29.3 Å². The fourth-order valence-corrected chi connectivity index (χ4v) is 2.69. The molecular formula is C20H26N2O6. The maximum Gasteiger partial charge on any atom is 0.287 e. The lowest BCUT2D eigenvalue weighted by atomic mass is 10.0. The van der Waals surface area contributed by atoms with E-state index in [4.69, 9.17) is 18.6 Å². The van der Waals surface area contributed by atoms with Crippen LogP contribution in [0.25, 0.3) is 0 Å². The highest BCUT2D eigenvalue weighted by molar-refractivity contribution is 5.95. The SMILES string of the molecule is COc1cc(CNC(=O)[C@@H](NC(=O)c2ccco2)C(C)C)cc(OC)c1OC. The van der Waals surface area contributed by atoms with Crippen molar-refractivity contribution in [2.75, 3.05) is 21.3 Å². The number of nitrogens with one attached hydrogen (secondary N) is 2. The number of hydrogen-bond donors (Lipinski definition) is 2. The summed E-state index contributed by atoms with van der Waals surface area (Å²) in [5.41, 5.74) is 0.766. The van der Waals surface area contributed by atoms with Crippen LogP contribution in [0.5, 0.6) is 17.2 Å². The Morgan fingerprint density at radius 1 is 1.07 bits per heavy atom. The molecular weight excluding hydrogens is 364 g/mol. The Morgan fingerprint density at radius 3 is 2.18 bits per heavy atom. The zero-order chi connectivity index (χ0) is 20.7. The lowest BCUT2D eigenvalue weighted by Gasteiger charge is -2.21. The van der Waals surface area contributed by atoms with Crippen molar-refractivity contribution < 1.29 is 28.2 Å². The van der Waals surface area contributed by atoms with Gasteiger partial charge in [0.05, 0.1) is 27.6 Å². The third-order valence-corrected chi connectivity index (χ3v) is 4.17. The van der Waals surface area contributed by atoms with E-state index in [0.29, 0.717) is 17.2 Å². The van der Waals surface area contributed by atoms with Crippen LogP contribution < -0.4 is 24.8 Å². The Bertz CT molecular complexity index is 776. The first-order chi connectivity index (χ1) is 13.4. The van der Waals surface area contributed by atoms with Crippen molar-refractivity contribution >= 4 is 11.8 Å². The van der Waals surface area contributed by atoms with Crippen LogP contribution in [-0.2, 0) is 11.3 Å². The van der Waals surface area contributed by atoms with E-state index in [1.165, 1.54) is 27.6 Å². The monoisotopic (exact) mass is 390 g/mol. The van der Waals surface area contributed by atoms with Crippen LogP contribution >= 0.6 is 0 Å². The van der Waals surface area contributed by atoms with Crippen LogP contribution in [0, 0.1) is 5.92 Å². The Balaban J connectivity index is 2.09. The molecule has 0 radical (unpaired) electrons. The summed E-state index contributed by atoms with van der Waals surface area (Å²) in [6, 6.07) is 5.96. The van der Waals surface area contributed by atoms with Gasteiger partial charge in [0.1, 0.15) is 6.04 Å². The van der Waals surface area contributed by atoms with Crippen LogP contribution in [0.15, 0.2) is 34.9 Å². The fraction of sp³-hybridized carbons (Fsp3) is 0.400. The van der Waals surface area contributed by atoms with E-state index in [-0.39, 0.29) is 24.1 Å². The quantitative estimate of drug-likeness (QED) is 0.682. The Kier molecular flexibility index (Phi) is 7.31. The van der Waals surface area contributed by atoms with Crippen molar-refractivity contribution in [3.05, 3.63) is 41.9 Å². The molecule has 0 bridgehead atoms. The molecule has 0 aliphatic rings. The predicted octanol–water partition coefficient (Wildman–Crippen LogP) is 2.38. The van der Waals surface area contributed by atoms with Gasteiger partial charge in [-0.25, -0.2) is 0 Å². The minimum Gasteiger partial charge on any atom is -0.493 e. The Hall–Kier alpha value is -3.16. The number of hydrogen-bond acceptors (Lipinski definition) is 6. The second-order valence-electron chi connectivity index (χ2n) is 6.42. The molecule has 2 rings (SSSR count). The van der Waals surface area contributed by atoms with E-state index < -0.39 is 11.9 Å². The smallest absolute Gasteiger partial charge is 0.287 e. The van der Waals surface area contributed by atoms with E-state index in [1.807, 2.05) is 13.8 Å². The van der Waals surface area contributed by atoms with E-state index in [9.17, 15) is 9.59 Å². The molecule has 28 heavy (non-hydrogen) atoms. The summed E-state index contributed by atoms with van der Waals surface area (Å²) in [4.78, 5) is 24.9. The summed E-state index contributed by atoms with van der Waals surface area (Å²) >= 11 is 0. The molecule has 1 aromatic heterocycles. The molecule has 0 aliphatic heterocycles. The first kappa shape index (κ1) is 21.1. The Labute approximate surface area is 164 Å². The van der Waals surface area contributed by atoms with Crippen molar-refractivity contribution in [1.82, 2.24) is 10.6 Å². The molecule has 8 heteroatoms. The lowest BCUT2D eigenvalue weighted by molar-refractivity contribution is -0.124. The maximum atomic E-state index is 12.7.